The summed E-state index contributed by atoms with van der Waals surface area (Å²) >= 11 is 0. The third-order valence-corrected chi connectivity index (χ3v) is 15.9. The highest BCUT2D eigenvalue weighted by Gasteiger charge is 2.54. The van der Waals surface area contributed by atoms with E-state index in [4.69, 9.17) is 42.3 Å². The Labute approximate surface area is 455 Å². The summed E-state index contributed by atoms with van der Waals surface area (Å²) in [6.45, 7) is 2.55. The Bertz CT molecular complexity index is 2410. The largest absolute Gasteiger partial charge is 0.422 e. The summed E-state index contributed by atoms with van der Waals surface area (Å²) < 4.78 is 54.5. The van der Waals surface area contributed by atoms with Gasteiger partial charge in [0.2, 0.25) is 17.7 Å². The van der Waals surface area contributed by atoms with Crippen molar-refractivity contribution in [1.29, 1.82) is 0 Å². The number of fused-ring (bicyclic) bond motifs is 1. The van der Waals surface area contributed by atoms with E-state index in [9.17, 15) is 64.8 Å². The summed E-state index contributed by atoms with van der Waals surface area (Å²) in [5, 5.41) is 96.2. The number of carbonyl (C=O) groups is 4. The second-order valence-electron chi connectivity index (χ2n) is 21.6. The van der Waals surface area contributed by atoms with Crippen molar-refractivity contribution >= 4 is 34.6 Å². The molecule has 11 N–H and O–H groups in total. The highest BCUT2D eigenvalue weighted by Crippen LogP contribution is 2.38. The van der Waals surface area contributed by atoms with E-state index in [1.807, 2.05) is 0 Å². The maximum atomic E-state index is 14.3. The van der Waals surface area contributed by atoms with Crippen LogP contribution in [0.4, 0.5) is 0 Å². The number of nitrogens with zero attached hydrogens (tertiary/aromatic N) is 1. The van der Waals surface area contributed by atoms with E-state index < -0.39 is 159 Å². The van der Waals surface area contributed by atoms with Crippen LogP contribution < -0.4 is 21.6 Å². The zero-order valence-corrected chi connectivity index (χ0v) is 44.6. The Morgan fingerprint density at radius 3 is 2.09 bits per heavy atom. The zero-order chi connectivity index (χ0) is 56.7. The SMILES string of the molecule is CC(=O)NC1CC(C(=O)NCCO[C@H]2O[C@H](CO)[C@@H](O)C(OCc3cc4ccccc4oc3=O)C2O)C[C@@H](O[C@@H]2OC(CO)[C@H](O)C(O[C@@H](CC3CCCCC3)C(=O)N3CCC3)C2NC(C)=O)C1O[C@@H]1OC(C)[C@@H](O)C(O)C1O. The second kappa shape index (κ2) is 27.6. The van der Waals surface area contributed by atoms with Crippen molar-refractivity contribution in [1.82, 2.24) is 20.9 Å². The molecule has 0 bridgehead atoms. The molecule has 4 amide bonds. The first-order valence-electron chi connectivity index (χ1n) is 27.4. The molecular formula is C53H78N4O22. The lowest BCUT2D eigenvalue weighted by atomic mass is 9.80. The molecule has 26 heteroatoms. The minimum atomic E-state index is -1.82. The van der Waals surface area contributed by atoms with E-state index in [1.54, 1.807) is 35.2 Å². The fourth-order valence-corrected chi connectivity index (χ4v) is 11.5. The molecule has 6 aliphatic rings. The molecule has 79 heavy (non-hydrogen) atoms. The van der Waals surface area contributed by atoms with Crippen molar-refractivity contribution in [3.63, 3.8) is 0 Å². The Morgan fingerprint density at radius 2 is 1.42 bits per heavy atom. The smallest absolute Gasteiger partial charge is 0.341 e. The highest BCUT2D eigenvalue weighted by molar-refractivity contribution is 5.82. The van der Waals surface area contributed by atoms with Crippen LogP contribution in [0.1, 0.15) is 84.1 Å². The molecule has 2 saturated carbocycles. The van der Waals surface area contributed by atoms with E-state index in [0.29, 0.717) is 30.5 Å². The molecule has 6 fully saturated rings. The van der Waals surface area contributed by atoms with Gasteiger partial charge in [-0.25, -0.2) is 4.79 Å². The van der Waals surface area contributed by atoms with Crippen LogP contribution >= 0.6 is 0 Å². The number of ether oxygens (including phenoxy) is 8. The lowest BCUT2D eigenvalue weighted by Crippen LogP contribution is -2.68. The third-order valence-electron chi connectivity index (χ3n) is 15.9. The normalized spacial score (nSPS) is 36.7. The molecule has 20 atom stereocenters. The zero-order valence-electron chi connectivity index (χ0n) is 44.6. The summed E-state index contributed by atoms with van der Waals surface area (Å²) in [5.41, 5.74) is -0.244. The van der Waals surface area contributed by atoms with Gasteiger partial charge >= 0.3 is 5.63 Å². The van der Waals surface area contributed by atoms with Gasteiger partial charge in [0, 0.05) is 44.8 Å². The number of aliphatic hydroxyl groups excluding tert-OH is 8. The molecule has 442 valence electrons. The van der Waals surface area contributed by atoms with Crippen molar-refractivity contribution in [2.45, 2.75) is 202 Å². The molecular weight excluding hydrogens is 1040 g/mol. The molecule has 1 aromatic heterocycles. The van der Waals surface area contributed by atoms with Gasteiger partial charge in [0.15, 0.2) is 18.9 Å². The standard InChI is InChI=1S/C53H78N4O22/c1-25-39(62)42(65)43(66)53(73-25)79-45-32(55-26(2)60)20-30(48(68)54-14-17-71-52-44(67)47(41(64)37(23-59)78-52)72-24-31-19-29-12-7-8-13-33(29)75-50(31)70)21-34(45)76-51-38(56-27(3)61)46(40(63)36(22-58)77-51)74-35(49(69)57-15-9-16-57)18-28-10-5-4-6-11-28/h7-8,12-13,19,25,28,30,32,34-47,51-53,58-59,62-67H,4-6,9-11,14-18,20-24H2,1-3H3,(H,54,68)(H,55,60)(H,56,61)/t25?,30?,32?,34-,35+,36?,37-,38?,39-,40+,41-,42?,43?,44?,45?,46?,47?,51-,52+,53+/m1/s1. The Morgan fingerprint density at radius 1 is 0.734 bits per heavy atom. The quantitative estimate of drug-likeness (QED) is 0.0448. The van der Waals surface area contributed by atoms with Crippen molar-refractivity contribution in [2.24, 2.45) is 11.8 Å². The number of likely N-dealkylation sites (tertiary alicyclic amines) is 1. The summed E-state index contributed by atoms with van der Waals surface area (Å²) in [5.74, 6) is -2.93. The summed E-state index contributed by atoms with van der Waals surface area (Å²) in [7, 11) is 0. The maximum Gasteiger partial charge on any atom is 0.341 e. The minimum Gasteiger partial charge on any atom is -0.422 e. The number of carbonyl (C=O) groups excluding carboxylic acids is 4. The van der Waals surface area contributed by atoms with Crippen molar-refractivity contribution in [3.8, 4) is 0 Å². The van der Waals surface area contributed by atoms with Crippen LogP contribution in [0.3, 0.4) is 0 Å². The van der Waals surface area contributed by atoms with Gasteiger partial charge in [0.25, 0.3) is 5.91 Å². The number of para-hydroxylation sites is 1. The fourth-order valence-electron chi connectivity index (χ4n) is 11.5. The van der Waals surface area contributed by atoms with Crippen LogP contribution in [0.2, 0.25) is 0 Å². The Balaban J connectivity index is 1.00. The Hall–Kier alpha value is -4.33. The van der Waals surface area contributed by atoms with Gasteiger partial charge in [-0.15, -0.1) is 0 Å². The average molecular weight is 1120 g/mol. The van der Waals surface area contributed by atoms with Crippen molar-refractivity contribution < 1.29 is 102 Å². The number of aliphatic hydroxyl groups is 8. The molecule has 4 saturated heterocycles. The number of amides is 4. The first-order chi connectivity index (χ1) is 37.8. The number of hydrogen-bond donors (Lipinski definition) is 11. The van der Waals surface area contributed by atoms with Crippen molar-refractivity contribution in [3.05, 3.63) is 46.3 Å². The molecule has 2 aliphatic carbocycles. The van der Waals surface area contributed by atoms with Crippen LogP contribution in [-0.4, -0.2) is 225 Å². The number of benzene rings is 1. The van der Waals surface area contributed by atoms with Gasteiger partial charge in [-0.3, -0.25) is 19.2 Å². The van der Waals surface area contributed by atoms with E-state index in [1.165, 1.54) is 20.8 Å². The van der Waals surface area contributed by atoms with Gasteiger partial charge in [0.05, 0.1) is 50.2 Å². The van der Waals surface area contributed by atoms with E-state index in [2.05, 4.69) is 16.0 Å². The van der Waals surface area contributed by atoms with Gasteiger partial charge < -0.3 is 104 Å². The first-order valence-corrected chi connectivity index (χ1v) is 27.4. The average Bonchev–Trinajstić information content (AvgIpc) is 3.46. The minimum absolute atomic E-state index is 0.0986. The maximum absolute atomic E-state index is 14.3. The molecule has 1 aromatic carbocycles. The van der Waals surface area contributed by atoms with Gasteiger partial charge in [0.1, 0.15) is 84.9 Å². The monoisotopic (exact) mass is 1120 g/mol. The molecule has 8 rings (SSSR count). The summed E-state index contributed by atoms with van der Waals surface area (Å²) in [6.07, 6.45) is -19.4. The molecule has 4 aliphatic heterocycles. The predicted octanol–water partition coefficient (Wildman–Crippen LogP) is -2.70. The lowest BCUT2D eigenvalue weighted by molar-refractivity contribution is -0.335. The Kier molecular flexibility index (Phi) is 21.2. The molecule has 5 heterocycles. The predicted molar refractivity (Wildman–Crippen MR) is 271 cm³/mol. The topological polar surface area (TPSA) is 374 Å². The second-order valence-corrected chi connectivity index (χ2v) is 21.6. The van der Waals surface area contributed by atoms with Crippen molar-refractivity contribution in [2.75, 3.05) is 39.5 Å². The molecule has 2 aromatic rings. The number of nitrogens with one attached hydrogen (secondary N) is 3. The van der Waals surface area contributed by atoms with Crippen LogP contribution in [-0.2, 0) is 63.7 Å². The van der Waals surface area contributed by atoms with Gasteiger partial charge in [-0.2, -0.15) is 0 Å². The van der Waals surface area contributed by atoms with Crippen LogP contribution in [0.25, 0.3) is 11.0 Å². The molecule has 0 radical (unpaired) electrons. The number of hydrogen-bond acceptors (Lipinski definition) is 22. The van der Waals surface area contributed by atoms with Crippen LogP contribution in [0, 0.1) is 11.8 Å². The lowest BCUT2D eigenvalue weighted by Gasteiger charge is -2.49. The molecule has 11 unspecified atom stereocenters. The summed E-state index contributed by atoms with van der Waals surface area (Å²) in [4.78, 5) is 68.8. The number of rotatable bonds is 21. The highest BCUT2D eigenvalue weighted by atomic mass is 16.7. The van der Waals surface area contributed by atoms with Crippen LogP contribution in [0.5, 0.6) is 0 Å². The van der Waals surface area contributed by atoms with Gasteiger partial charge in [-0.05, 0) is 50.7 Å². The van der Waals surface area contributed by atoms with E-state index in [0.717, 1.165) is 38.5 Å². The van der Waals surface area contributed by atoms with E-state index >= 15 is 0 Å². The third kappa shape index (κ3) is 14.7. The first kappa shape index (κ1) is 60.8. The van der Waals surface area contributed by atoms with Gasteiger partial charge in [-0.1, -0.05) is 50.3 Å². The van der Waals surface area contributed by atoms with Crippen LogP contribution in [0.15, 0.2) is 39.5 Å². The molecule has 0 spiro atoms. The summed E-state index contributed by atoms with van der Waals surface area (Å²) in [6, 6.07) is 5.88. The fraction of sp³-hybridized carbons (Fsp3) is 0.755. The molecule has 26 nitrogen and oxygen atoms in total. The van der Waals surface area contributed by atoms with E-state index in [-0.39, 0.29) is 50.0 Å².